The van der Waals surface area contributed by atoms with Crippen molar-refractivity contribution in [3.05, 3.63) is 59.1 Å². The Bertz CT molecular complexity index is 762. The van der Waals surface area contributed by atoms with Crippen LogP contribution >= 0.6 is 11.6 Å². The number of carbonyl (C=O) groups is 2. The lowest BCUT2D eigenvalue weighted by molar-refractivity contribution is -0.118. The number of hydrogen-bond donors (Lipinski definition) is 2. The van der Waals surface area contributed by atoms with Gasteiger partial charge < -0.3 is 15.5 Å². The molecule has 2 N–H and O–H groups in total. The molecule has 0 unspecified atom stereocenters. The molecule has 0 spiro atoms. The Kier molecular flexibility index (Phi) is 6.42. The van der Waals surface area contributed by atoms with E-state index in [1.54, 1.807) is 42.3 Å². The first-order valence-electron chi connectivity index (χ1n) is 8.03. The van der Waals surface area contributed by atoms with E-state index in [2.05, 4.69) is 10.6 Å². The summed E-state index contributed by atoms with van der Waals surface area (Å²) in [4.78, 5) is 25.7. The lowest BCUT2D eigenvalue weighted by Crippen LogP contribution is -2.31. The highest BCUT2D eigenvalue weighted by Crippen LogP contribution is 2.19. The van der Waals surface area contributed by atoms with Gasteiger partial charge in [0.25, 0.3) is 0 Å². The number of nitrogens with one attached hydrogen (secondary N) is 2. The molecule has 5 nitrogen and oxygen atoms in total. The van der Waals surface area contributed by atoms with Crippen molar-refractivity contribution >= 4 is 34.9 Å². The highest BCUT2D eigenvalue weighted by Gasteiger charge is 2.12. The predicted octanol–water partition coefficient (Wildman–Crippen LogP) is 4.60. The Morgan fingerprint density at radius 3 is 2.32 bits per heavy atom. The number of anilines is 2. The number of amides is 3. The van der Waals surface area contributed by atoms with Gasteiger partial charge in [0, 0.05) is 35.9 Å². The number of urea groups is 1. The number of rotatable bonds is 5. The molecule has 0 bridgehead atoms. The van der Waals surface area contributed by atoms with Crippen LogP contribution < -0.4 is 10.6 Å². The third-order valence-corrected chi connectivity index (χ3v) is 3.99. The van der Waals surface area contributed by atoms with Crippen LogP contribution in [0.25, 0.3) is 0 Å². The molecule has 0 atom stereocenters. The van der Waals surface area contributed by atoms with Crippen molar-refractivity contribution in [3.8, 4) is 0 Å². The quantitative estimate of drug-likeness (QED) is 0.819. The molecule has 25 heavy (non-hydrogen) atoms. The van der Waals surface area contributed by atoms with Crippen LogP contribution in [0, 0.1) is 5.92 Å². The number of benzene rings is 2. The molecule has 2 aromatic rings. The molecule has 3 amide bonds. The first-order valence-corrected chi connectivity index (χ1v) is 8.41. The molecule has 0 fully saturated rings. The van der Waals surface area contributed by atoms with Gasteiger partial charge in [0.1, 0.15) is 0 Å². The predicted molar refractivity (Wildman–Crippen MR) is 102 cm³/mol. The van der Waals surface area contributed by atoms with Gasteiger partial charge in [-0.2, -0.15) is 0 Å². The van der Waals surface area contributed by atoms with E-state index < -0.39 is 0 Å². The fourth-order valence-electron chi connectivity index (χ4n) is 2.13. The number of nitrogens with zero attached hydrogens (tertiary/aromatic N) is 1. The van der Waals surface area contributed by atoms with Crippen LogP contribution in [0.1, 0.15) is 19.4 Å². The largest absolute Gasteiger partial charge is 0.326 e. The molecule has 132 valence electrons. The molecular formula is C19H22ClN3O2. The normalized spacial score (nSPS) is 10.4. The molecule has 0 aliphatic carbocycles. The van der Waals surface area contributed by atoms with Crippen LogP contribution in [0.4, 0.5) is 16.2 Å². The van der Waals surface area contributed by atoms with Crippen molar-refractivity contribution in [3.63, 3.8) is 0 Å². The summed E-state index contributed by atoms with van der Waals surface area (Å²) in [5.41, 5.74) is 2.13. The van der Waals surface area contributed by atoms with Gasteiger partial charge in [-0.15, -0.1) is 0 Å². The number of hydrogen-bond acceptors (Lipinski definition) is 2. The molecule has 0 saturated heterocycles. The molecule has 0 radical (unpaired) electrons. The molecule has 0 aromatic heterocycles. The summed E-state index contributed by atoms with van der Waals surface area (Å²) in [5, 5.41) is 6.25. The second-order valence-electron chi connectivity index (χ2n) is 6.10. The zero-order chi connectivity index (χ0) is 18.4. The minimum absolute atomic E-state index is 0.0701. The molecule has 0 aliphatic rings. The van der Waals surface area contributed by atoms with Crippen molar-refractivity contribution in [1.29, 1.82) is 0 Å². The minimum Gasteiger partial charge on any atom is -0.326 e. The molecule has 0 saturated carbocycles. The van der Waals surface area contributed by atoms with Gasteiger partial charge in [-0.3, -0.25) is 4.79 Å². The lowest BCUT2D eigenvalue weighted by atomic mass is 10.2. The van der Waals surface area contributed by atoms with Crippen LogP contribution in [0.15, 0.2) is 48.5 Å². The van der Waals surface area contributed by atoms with Gasteiger partial charge in [-0.05, 0) is 29.8 Å². The maximum Gasteiger partial charge on any atom is 0.321 e. The SMILES string of the molecule is CC(C)C(=O)Nc1cccc(NC(=O)N(C)Cc2ccccc2Cl)c1. The number of halogens is 1. The zero-order valence-electron chi connectivity index (χ0n) is 14.5. The van der Waals surface area contributed by atoms with Crippen LogP contribution in [0.5, 0.6) is 0 Å². The Morgan fingerprint density at radius 2 is 1.68 bits per heavy atom. The summed E-state index contributed by atoms with van der Waals surface area (Å²) < 4.78 is 0. The van der Waals surface area contributed by atoms with Crippen molar-refractivity contribution < 1.29 is 9.59 Å². The fourth-order valence-corrected chi connectivity index (χ4v) is 2.33. The van der Waals surface area contributed by atoms with E-state index in [0.29, 0.717) is 22.9 Å². The Morgan fingerprint density at radius 1 is 1.04 bits per heavy atom. The maximum absolute atomic E-state index is 12.4. The van der Waals surface area contributed by atoms with E-state index in [0.717, 1.165) is 5.56 Å². The van der Waals surface area contributed by atoms with E-state index in [1.165, 1.54) is 0 Å². The third kappa shape index (κ3) is 5.50. The van der Waals surface area contributed by atoms with Crippen LogP contribution in [0.3, 0.4) is 0 Å². The van der Waals surface area contributed by atoms with E-state index >= 15 is 0 Å². The van der Waals surface area contributed by atoms with Crippen molar-refractivity contribution in [2.45, 2.75) is 20.4 Å². The monoisotopic (exact) mass is 359 g/mol. The van der Waals surface area contributed by atoms with E-state index in [1.807, 2.05) is 32.0 Å². The summed E-state index contributed by atoms with van der Waals surface area (Å²) in [5.74, 6) is -0.181. The van der Waals surface area contributed by atoms with Crippen molar-refractivity contribution in [2.24, 2.45) is 5.92 Å². The Balaban J connectivity index is 2.00. The van der Waals surface area contributed by atoms with Gasteiger partial charge in [0.15, 0.2) is 0 Å². The van der Waals surface area contributed by atoms with Gasteiger partial charge in [-0.25, -0.2) is 4.79 Å². The first-order chi connectivity index (χ1) is 11.9. The summed E-state index contributed by atoms with van der Waals surface area (Å²) in [6, 6.07) is 14.2. The summed E-state index contributed by atoms with van der Waals surface area (Å²) in [6.07, 6.45) is 0. The minimum atomic E-state index is -0.257. The average Bonchev–Trinajstić information content (AvgIpc) is 2.57. The topological polar surface area (TPSA) is 61.4 Å². The highest BCUT2D eigenvalue weighted by molar-refractivity contribution is 6.31. The smallest absolute Gasteiger partial charge is 0.321 e. The van der Waals surface area contributed by atoms with E-state index in [9.17, 15) is 9.59 Å². The van der Waals surface area contributed by atoms with Crippen molar-refractivity contribution in [2.75, 3.05) is 17.7 Å². The van der Waals surface area contributed by atoms with Gasteiger partial charge in [-0.1, -0.05) is 49.7 Å². The van der Waals surface area contributed by atoms with Crippen LogP contribution in [-0.4, -0.2) is 23.9 Å². The maximum atomic E-state index is 12.4. The summed E-state index contributed by atoms with van der Waals surface area (Å²) >= 11 is 6.13. The first kappa shape index (κ1) is 18.8. The average molecular weight is 360 g/mol. The van der Waals surface area contributed by atoms with Crippen molar-refractivity contribution in [1.82, 2.24) is 4.90 Å². The lowest BCUT2D eigenvalue weighted by Gasteiger charge is -2.19. The third-order valence-electron chi connectivity index (χ3n) is 3.62. The molecular weight excluding hydrogens is 338 g/mol. The van der Waals surface area contributed by atoms with Gasteiger partial charge >= 0.3 is 6.03 Å². The molecule has 0 heterocycles. The van der Waals surface area contributed by atoms with Crippen LogP contribution in [-0.2, 0) is 11.3 Å². The molecule has 2 rings (SSSR count). The fraction of sp³-hybridized carbons (Fsp3) is 0.263. The molecule has 6 heteroatoms. The molecule has 0 aliphatic heterocycles. The second-order valence-corrected chi connectivity index (χ2v) is 6.51. The van der Waals surface area contributed by atoms with Crippen LogP contribution in [0.2, 0.25) is 5.02 Å². The zero-order valence-corrected chi connectivity index (χ0v) is 15.3. The number of carbonyl (C=O) groups excluding carboxylic acids is 2. The Labute approximate surface area is 153 Å². The highest BCUT2D eigenvalue weighted by atomic mass is 35.5. The Hall–Kier alpha value is -2.53. The summed E-state index contributed by atoms with van der Waals surface area (Å²) in [7, 11) is 1.70. The van der Waals surface area contributed by atoms with Gasteiger partial charge in [0.05, 0.1) is 0 Å². The van der Waals surface area contributed by atoms with E-state index in [-0.39, 0.29) is 17.9 Å². The molecule has 2 aromatic carbocycles. The summed E-state index contributed by atoms with van der Waals surface area (Å²) in [6.45, 7) is 4.05. The van der Waals surface area contributed by atoms with E-state index in [4.69, 9.17) is 11.6 Å². The van der Waals surface area contributed by atoms with Gasteiger partial charge in [0.2, 0.25) is 5.91 Å². The second kappa shape index (κ2) is 8.53. The standard InChI is InChI=1S/C19H22ClN3O2/c1-13(2)18(24)21-15-8-6-9-16(11-15)22-19(25)23(3)12-14-7-4-5-10-17(14)20/h4-11,13H,12H2,1-3H3,(H,21,24)(H,22,25).